The van der Waals surface area contributed by atoms with Gasteiger partial charge in [0.15, 0.2) is 0 Å². The Morgan fingerprint density at radius 2 is 2.17 bits per heavy atom. The van der Waals surface area contributed by atoms with Crippen LogP contribution in [0.25, 0.3) is 0 Å². The summed E-state index contributed by atoms with van der Waals surface area (Å²) < 4.78 is 4.75. The molecule has 0 amide bonds. The van der Waals surface area contributed by atoms with Gasteiger partial charge in [0.25, 0.3) is 0 Å². The Morgan fingerprint density at radius 1 is 1.50 bits per heavy atom. The van der Waals surface area contributed by atoms with Gasteiger partial charge >= 0.3 is 5.97 Å². The molecule has 2 nitrogen and oxygen atoms in total. The molecule has 0 aromatic heterocycles. The molecule has 0 aliphatic rings. The summed E-state index contributed by atoms with van der Waals surface area (Å²) >= 11 is 0. The minimum atomic E-state index is -0.234. The van der Waals surface area contributed by atoms with Crippen molar-refractivity contribution in [3.8, 4) is 0 Å². The van der Waals surface area contributed by atoms with Crippen molar-refractivity contribution >= 4 is 5.97 Å². The van der Waals surface area contributed by atoms with Crippen LogP contribution in [0.3, 0.4) is 0 Å². The molecule has 12 heavy (non-hydrogen) atoms. The Kier molecular flexibility index (Phi) is 6.07. The van der Waals surface area contributed by atoms with Gasteiger partial charge in [0.2, 0.25) is 0 Å². The highest BCUT2D eigenvalue weighted by Crippen LogP contribution is 2.03. The third-order valence-corrected chi connectivity index (χ3v) is 1.46. The van der Waals surface area contributed by atoms with Crippen LogP contribution in [0, 0.1) is 0 Å². The van der Waals surface area contributed by atoms with Gasteiger partial charge in [0.05, 0.1) is 0 Å². The van der Waals surface area contributed by atoms with Gasteiger partial charge in [-0.15, -0.1) is 6.58 Å². The Labute approximate surface area is 73.9 Å². The van der Waals surface area contributed by atoms with Crippen molar-refractivity contribution in [3.05, 3.63) is 24.3 Å². The number of hydrogen-bond donors (Lipinski definition) is 0. The molecule has 0 aliphatic heterocycles. The molecular formula is C10H16O2. The molecular weight excluding hydrogens is 152 g/mol. The van der Waals surface area contributed by atoms with E-state index in [1.165, 1.54) is 12.5 Å². The first-order valence-electron chi connectivity index (χ1n) is 4.06. The van der Waals surface area contributed by atoms with E-state index in [0.717, 1.165) is 12.8 Å². The number of hydrogen-bond acceptors (Lipinski definition) is 2. The van der Waals surface area contributed by atoms with E-state index in [1.54, 1.807) is 0 Å². The fourth-order valence-corrected chi connectivity index (χ4v) is 0.733. The van der Waals surface area contributed by atoms with Gasteiger partial charge in [-0.2, -0.15) is 0 Å². The average Bonchev–Trinajstić information content (AvgIpc) is 2.00. The minimum Gasteiger partial charge on any atom is -0.462 e. The summed E-state index contributed by atoms with van der Waals surface area (Å²) in [6.45, 7) is 7.45. The van der Waals surface area contributed by atoms with Gasteiger partial charge in [-0.05, 0) is 25.8 Å². The summed E-state index contributed by atoms with van der Waals surface area (Å²) in [5.41, 5.74) is 1.23. The van der Waals surface area contributed by atoms with Crippen molar-refractivity contribution in [3.63, 3.8) is 0 Å². The third-order valence-electron chi connectivity index (χ3n) is 1.46. The molecule has 0 N–H and O–H groups in total. The number of rotatable bonds is 5. The lowest BCUT2D eigenvalue weighted by atomic mass is 10.1. The minimum absolute atomic E-state index is 0.234. The van der Waals surface area contributed by atoms with Crippen molar-refractivity contribution in [2.75, 3.05) is 6.61 Å². The fourth-order valence-electron chi connectivity index (χ4n) is 0.733. The predicted molar refractivity (Wildman–Crippen MR) is 49.8 cm³/mol. The lowest BCUT2D eigenvalue weighted by Gasteiger charge is -1.99. The standard InChI is InChI=1S/C10H16O2/c1-4-5-6-9(2)7-8-12-10(3)11/h4,7H,1,5-6,8H2,2-3H3/b9-7+. The molecule has 0 aromatic carbocycles. The number of ether oxygens (including phenoxy) is 1. The van der Waals surface area contributed by atoms with Gasteiger partial charge in [-0.3, -0.25) is 4.79 Å². The molecule has 0 aliphatic carbocycles. The number of carbonyl (C=O) groups excluding carboxylic acids is 1. The van der Waals surface area contributed by atoms with Crippen molar-refractivity contribution in [2.45, 2.75) is 26.7 Å². The molecule has 0 radical (unpaired) electrons. The third kappa shape index (κ3) is 7.06. The maximum absolute atomic E-state index is 10.4. The summed E-state index contributed by atoms with van der Waals surface area (Å²) in [6, 6.07) is 0. The SMILES string of the molecule is C=CCC/C(C)=C/COC(C)=O. The maximum Gasteiger partial charge on any atom is 0.302 e. The highest BCUT2D eigenvalue weighted by atomic mass is 16.5. The number of carbonyl (C=O) groups is 1. The molecule has 0 atom stereocenters. The van der Waals surface area contributed by atoms with Crippen LogP contribution in [0.15, 0.2) is 24.3 Å². The topological polar surface area (TPSA) is 26.3 Å². The second-order valence-corrected chi connectivity index (χ2v) is 2.68. The quantitative estimate of drug-likeness (QED) is 0.465. The van der Waals surface area contributed by atoms with Crippen LogP contribution in [0.5, 0.6) is 0 Å². The lowest BCUT2D eigenvalue weighted by Crippen LogP contribution is -1.98. The molecule has 0 unspecified atom stereocenters. The van der Waals surface area contributed by atoms with E-state index < -0.39 is 0 Å². The van der Waals surface area contributed by atoms with Crippen molar-refractivity contribution in [1.29, 1.82) is 0 Å². The summed E-state index contributed by atoms with van der Waals surface area (Å²) in [7, 11) is 0. The van der Waals surface area contributed by atoms with Crippen LogP contribution in [0.4, 0.5) is 0 Å². The van der Waals surface area contributed by atoms with E-state index >= 15 is 0 Å². The summed E-state index contributed by atoms with van der Waals surface area (Å²) in [5, 5.41) is 0. The van der Waals surface area contributed by atoms with Gasteiger partial charge < -0.3 is 4.74 Å². The molecule has 0 saturated carbocycles. The van der Waals surface area contributed by atoms with Crippen molar-refractivity contribution in [1.82, 2.24) is 0 Å². The first-order chi connectivity index (χ1) is 5.66. The molecule has 2 heteroatoms. The summed E-state index contributed by atoms with van der Waals surface area (Å²) in [4.78, 5) is 10.4. The van der Waals surface area contributed by atoms with Crippen molar-refractivity contribution < 1.29 is 9.53 Å². The Bertz CT molecular complexity index is 180. The monoisotopic (exact) mass is 168 g/mol. The van der Waals surface area contributed by atoms with Crippen LogP contribution >= 0.6 is 0 Å². The zero-order chi connectivity index (χ0) is 9.40. The van der Waals surface area contributed by atoms with Gasteiger partial charge in [-0.25, -0.2) is 0 Å². The van der Waals surface area contributed by atoms with Gasteiger partial charge in [-0.1, -0.05) is 11.6 Å². The van der Waals surface area contributed by atoms with E-state index in [-0.39, 0.29) is 5.97 Å². The number of allylic oxidation sites excluding steroid dienone is 2. The second-order valence-electron chi connectivity index (χ2n) is 2.68. The zero-order valence-electron chi connectivity index (χ0n) is 7.80. The van der Waals surface area contributed by atoms with E-state index in [4.69, 9.17) is 4.74 Å². The van der Waals surface area contributed by atoms with E-state index in [0.29, 0.717) is 6.61 Å². The molecule has 68 valence electrons. The first kappa shape index (κ1) is 11.0. The van der Waals surface area contributed by atoms with E-state index in [9.17, 15) is 4.79 Å². The molecule has 0 rings (SSSR count). The Morgan fingerprint density at radius 3 is 2.67 bits per heavy atom. The Balaban J connectivity index is 3.53. The Hall–Kier alpha value is -1.05. The van der Waals surface area contributed by atoms with E-state index in [1.807, 2.05) is 19.1 Å². The summed E-state index contributed by atoms with van der Waals surface area (Å²) in [6.07, 6.45) is 5.77. The van der Waals surface area contributed by atoms with E-state index in [2.05, 4.69) is 6.58 Å². The summed E-state index contributed by atoms with van der Waals surface area (Å²) in [5.74, 6) is -0.234. The molecule has 0 aromatic rings. The highest BCUT2D eigenvalue weighted by molar-refractivity contribution is 5.66. The smallest absolute Gasteiger partial charge is 0.302 e. The van der Waals surface area contributed by atoms with Crippen LogP contribution in [0.2, 0.25) is 0 Å². The van der Waals surface area contributed by atoms with Crippen LogP contribution in [0.1, 0.15) is 26.7 Å². The lowest BCUT2D eigenvalue weighted by molar-refractivity contribution is -0.139. The van der Waals surface area contributed by atoms with Crippen molar-refractivity contribution in [2.24, 2.45) is 0 Å². The molecule has 0 spiro atoms. The highest BCUT2D eigenvalue weighted by Gasteiger charge is 1.90. The number of esters is 1. The average molecular weight is 168 g/mol. The molecule has 0 fully saturated rings. The van der Waals surface area contributed by atoms with Crippen LogP contribution in [-0.2, 0) is 9.53 Å². The maximum atomic E-state index is 10.4. The van der Waals surface area contributed by atoms with Crippen LogP contribution < -0.4 is 0 Å². The normalized spacial score (nSPS) is 11.0. The van der Waals surface area contributed by atoms with Gasteiger partial charge in [0.1, 0.15) is 6.61 Å². The van der Waals surface area contributed by atoms with Gasteiger partial charge in [0, 0.05) is 6.92 Å². The molecule has 0 bridgehead atoms. The predicted octanol–water partition coefficient (Wildman–Crippen LogP) is 2.46. The first-order valence-corrected chi connectivity index (χ1v) is 4.06. The largest absolute Gasteiger partial charge is 0.462 e. The molecule has 0 saturated heterocycles. The zero-order valence-corrected chi connectivity index (χ0v) is 7.80. The van der Waals surface area contributed by atoms with Crippen LogP contribution in [-0.4, -0.2) is 12.6 Å². The fraction of sp³-hybridized carbons (Fsp3) is 0.500. The molecule has 0 heterocycles. The second kappa shape index (κ2) is 6.65.